The number of nitrogens with two attached hydrogens (primary N) is 1. The van der Waals surface area contributed by atoms with Gasteiger partial charge in [-0.1, -0.05) is 22.0 Å². The molecular formula is C11H9Br2N3. The topological polar surface area (TPSA) is 50.9 Å². The van der Waals surface area contributed by atoms with Gasteiger partial charge in [-0.2, -0.15) is 0 Å². The minimum Gasteiger partial charge on any atom is -0.396 e. The van der Waals surface area contributed by atoms with Gasteiger partial charge in [0, 0.05) is 20.8 Å². The Labute approximate surface area is 110 Å². The summed E-state index contributed by atoms with van der Waals surface area (Å²) in [5.41, 5.74) is 7.39. The molecule has 1 aromatic carbocycles. The molecule has 0 amide bonds. The van der Waals surface area contributed by atoms with Crippen LogP contribution in [0, 0.1) is 0 Å². The normalized spacial score (nSPS) is 10.1. The zero-order valence-corrected chi connectivity index (χ0v) is 11.4. The van der Waals surface area contributed by atoms with E-state index in [1.165, 1.54) is 0 Å². The zero-order chi connectivity index (χ0) is 11.5. The summed E-state index contributed by atoms with van der Waals surface area (Å²) in [6.45, 7) is 0. The number of halogens is 2. The Kier molecular flexibility index (Phi) is 3.46. The van der Waals surface area contributed by atoms with Crippen molar-refractivity contribution >= 4 is 49.1 Å². The minimum absolute atomic E-state index is 0.606. The van der Waals surface area contributed by atoms with Gasteiger partial charge < -0.3 is 11.1 Å². The van der Waals surface area contributed by atoms with Crippen molar-refractivity contribution in [2.24, 2.45) is 0 Å². The number of hydrogen-bond donors (Lipinski definition) is 2. The summed E-state index contributed by atoms with van der Waals surface area (Å²) in [6, 6.07) is 9.63. The number of pyridine rings is 1. The number of nitrogen functional groups attached to an aromatic ring is 1. The van der Waals surface area contributed by atoms with Crippen LogP contribution in [0.25, 0.3) is 0 Å². The fraction of sp³-hybridized carbons (Fsp3) is 0. The Morgan fingerprint density at radius 3 is 2.62 bits per heavy atom. The molecule has 1 heterocycles. The molecule has 0 aliphatic carbocycles. The highest BCUT2D eigenvalue weighted by atomic mass is 79.9. The molecule has 2 aromatic rings. The summed E-state index contributed by atoms with van der Waals surface area (Å²) in [6.07, 6.45) is 1.71. The van der Waals surface area contributed by atoms with Crippen LogP contribution in [0.2, 0.25) is 0 Å². The number of anilines is 3. The molecule has 0 fully saturated rings. The summed E-state index contributed by atoms with van der Waals surface area (Å²) in [4.78, 5) is 4.20. The first-order valence-electron chi connectivity index (χ1n) is 4.59. The fourth-order valence-electron chi connectivity index (χ4n) is 1.26. The van der Waals surface area contributed by atoms with Crippen LogP contribution >= 0.6 is 31.9 Å². The van der Waals surface area contributed by atoms with Crippen LogP contribution in [0.5, 0.6) is 0 Å². The highest BCUT2D eigenvalue weighted by Gasteiger charge is 2.02. The van der Waals surface area contributed by atoms with E-state index in [0.29, 0.717) is 11.5 Å². The molecule has 0 atom stereocenters. The number of aromatic nitrogens is 1. The molecule has 0 bridgehead atoms. The Morgan fingerprint density at radius 2 is 1.94 bits per heavy atom. The van der Waals surface area contributed by atoms with Crippen LogP contribution in [0.1, 0.15) is 0 Å². The Balaban J connectivity index is 2.27. The highest BCUT2D eigenvalue weighted by Crippen LogP contribution is 2.24. The van der Waals surface area contributed by atoms with Gasteiger partial charge in [0.1, 0.15) is 0 Å². The van der Waals surface area contributed by atoms with E-state index in [2.05, 4.69) is 42.2 Å². The van der Waals surface area contributed by atoms with Crippen LogP contribution in [0.15, 0.2) is 45.5 Å². The molecule has 3 nitrogen and oxygen atoms in total. The molecular weight excluding hydrogens is 334 g/mol. The van der Waals surface area contributed by atoms with E-state index < -0.39 is 0 Å². The van der Waals surface area contributed by atoms with E-state index in [1.807, 2.05) is 30.3 Å². The summed E-state index contributed by atoms with van der Waals surface area (Å²) < 4.78 is 1.87. The average molecular weight is 343 g/mol. The van der Waals surface area contributed by atoms with Gasteiger partial charge in [0.2, 0.25) is 0 Å². The second-order valence-corrected chi connectivity index (χ2v) is 5.06. The first-order chi connectivity index (χ1) is 7.65. The lowest BCUT2D eigenvalue weighted by Crippen LogP contribution is -1.98. The van der Waals surface area contributed by atoms with Gasteiger partial charge in [-0.15, -0.1) is 0 Å². The standard InChI is InChI=1S/C11H9Br2N3/c12-7-2-1-3-9(4-7)16-11-10(14)5-8(13)6-15-11/h1-6H,14H2,(H,15,16). The number of nitrogens with zero attached hydrogens (tertiary/aromatic N) is 1. The molecule has 0 unspecified atom stereocenters. The number of hydrogen-bond acceptors (Lipinski definition) is 3. The summed E-state index contributed by atoms with van der Waals surface area (Å²) in [5, 5.41) is 3.15. The molecule has 82 valence electrons. The number of nitrogens with one attached hydrogen (secondary N) is 1. The monoisotopic (exact) mass is 341 g/mol. The van der Waals surface area contributed by atoms with Gasteiger partial charge in [-0.05, 0) is 40.2 Å². The smallest absolute Gasteiger partial charge is 0.153 e. The van der Waals surface area contributed by atoms with Crippen LogP contribution in [0.4, 0.5) is 17.2 Å². The van der Waals surface area contributed by atoms with Crippen LogP contribution in [-0.2, 0) is 0 Å². The molecule has 0 spiro atoms. The van der Waals surface area contributed by atoms with E-state index in [9.17, 15) is 0 Å². The maximum absolute atomic E-state index is 5.84. The molecule has 3 N–H and O–H groups in total. The molecule has 0 aliphatic heterocycles. The predicted molar refractivity (Wildman–Crippen MR) is 73.8 cm³/mol. The zero-order valence-electron chi connectivity index (χ0n) is 8.24. The molecule has 2 rings (SSSR count). The summed E-state index contributed by atoms with van der Waals surface area (Å²) >= 11 is 6.72. The molecule has 1 aromatic heterocycles. The van der Waals surface area contributed by atoms with Crippen molar-refractivity contribution in [1.82, 2.24) is 4.98 Å². The van der Waals surface area contributed by atoms with E-state index in [0.717, 1.165) is 14.6 Å². The average Bonchev–Trinajstić information content (AvgIpc) is 2.22. The van der Waals surface area contributed by atoms with Crippen molar-refractivity contribution in [3.05, 3.63) is 45.5 Å². The molecule has 0 saturated carbocycles. The van der Waals surface area contributed by atoms with Gasteiger partial charge in [-0.25, -0.2) is 4.98 Å². The van der Waals surface area contributed by atoms with Gasteiger partial charge in [-0.3, -0.25) is 0 Å². The van der Waals surface area contributed by atoms with Crippen LogP contribution in [-0.4, -0.2) is 4.98 Å². The number of rotatable bonds is 2. The van der Waals surface area contributed by atoms with Gasteiger partial charge in [0.05, 0.1) is 5.69 Å². The maximum Gasteiger partial charge on any atom is 0.153 e. The van der Waals surface area contributed by atoms with E-state index in [-0.39, 0.29) is 0 Å². The third-order valence-corrected chi connectivity index (χ3v) is 2.90. The lowest BCUT2D eigenvalue weighted by Gasteiger charge is -2.08. The molecule has 0 aliphatic rings. The quantitative estimate of drug-likeness (QED) is 0.869. The second kappa shape index (κ2) is 4.84. The lowest BCUT2D eigenvalue weighted by atomic mass is 10.3. The predicted octanol–water partition coefficient (Wildman–Crippen LogP) is 3.93. The summed E-state index contributed by atoms with van der Waals surface area (Å²) in [5.74, 6) is 0.654. The molecule has 0 radical (unpaired) electrons. The molecule has 0 saturated heterocycles. The van der Waals surface area contributed by atoms with Crippen molar-refractivity contribution in [2.75, 3.05) is 11.1 Å². The van der Waals surface area contributed by atoms with Crippen molar-refractivity contribution in [1.29, 1.82) is 0 Å². The first-order valence-corrected chi connectivity index (χ1v) is 6.17. The van der Waals surface area contributed by atoms with Gasteiger partial charge in [0.25, 0.3) is 0 Å². The minimum atomic E-state index is 0.606. The van der Waals surface area contributed by atoms with Gasteiger partial charge >= 0.3 is 0 Å². The van der Waals surface area contributed by atoms with Crippen molar-refractivity contribution < 1.29 is 0 Å². The lowest BCUT2D eigenvalue weighted by molar-refractivity contribution is 1.29. The Hall–Kier alpha value is -1.07. The third-order valence-electron chi connectivity index (χ3n) is 1.97. The fourth-order valence-corrected chi connectivity index (χ4v) is 2.01. The maximum atomic E-state index is 5.84. The SMILES string of the molecule is Nc1cc(Br)cnc1Nc1cccc(Br)c1. The highest BCUT2D eigenvalue weighted by molar-refractivity contribution is 9.10. The summed E-state index contributed by atoms with van der Waals surface area (Å²) in [7, 11) is 0. The third kappa shape index (κ3) is 2.74. The van der Waals surface area contributed by atoms with E-state index in [4.69, 9.17) is 5.73 Å². The largest absolute Gasteiger partial charge is 0.396 e. The Bertz CT molecular complexity index is 514. The number of benzene rings is 1. The first kappa shape index (κ1) is 11.4. The van der Waals surface area contributed by atoms with Crippen molar-refractivity contribution in [2.45, 2.75) is 0 Å². The second-order valence-electron chi connectivity index (χ2n) is 3.23. The van der Waals surface area contributed by atoms with Crippen molar-refractivity contribution in [3.8, 4) is 0 Å². The van der Waals surface area contributed by atoms with Crippen LogP contribution in [0.3, 0.4) is 0 Å². The Morgan fingerprint density at radius 1 is 1.12 bits per heavy atom. The van der Waals surface area contributed by atoms with E-state index in [1.54, 1.807) is 6.20 Å². The van der Waals surface area contributed by atoms with Crippen LogP contribution < -0.4 is 11.1 Å². The van der Waals surface area contributed by atoms with Crippen molar-refractivity contribution in [3.63, 3.8) is 0 Å². The molecule has 5 heteroatoms. The van der Waals surface area contributed by atoms with Gasteiger partial charge in [0.15, 0.2) is 5.82 Å². The molecule has 16 heavy (non-hydrogen) atoms. The van der Waals surface area contributed by atoms with E-state index >= 15 is 0 Å².